The summed E-state index contributed by atoms with van der Waals surface area (Å²) in [6, 6.07) is 12.5. The van der Waals surface area contributed by atoms with E-state index in [2.05, 4.69) is 25.9 Å². The van der Waals surface area contributed by atoms with Crippen molar-refractivity contribution in [2.45, 2.75) is 20.8 Å². The Morgan fingerprint density at radius 1 is 0.842 bits per heavy atom. The number of methoxy groups -OCH3 is 1. The molecule has 9 nitrogen and oxygen atoms in total. The molecule has 5 rings (SSSR count). The van der Waals surface area contributed by atoms with Gasteiger partial charge < -0.3 is 4.74 Å². The van der Waals surface area contributed by atoms with Gasteiger partial charge in [0.25, 0.3) is 11.4 Å². The van der Waals surface area contributed by atoms with Gasteiger partial charge in [-0.05, 0) is 72.6 Å². The molecule has 0 unspecified atom stereocenters. The molecule has 12 heteroatoms. The van der Waals surface area contributed by atoms with Gasteiger partial charge in [-0.25, -0.2) is 9.97 Å². The number of nitro benzene ring substituents is 2. The number of hydrogen-bond acceptors (Lipinski definition) is 9. The van der Waals surface area contributed by atoms with Crippen molar-refractivity contribution in [2.24, 2.45) is 0 Å². The Bertz CT molecular complexity index is 1730. The summed E-state index contributed by atoms with van der Waals surface area (Å²) in [7, 11) is 1.62. The summed E-state index contributed by atoms with van der Waals surface area (Å²) in [4.78, 5) is 29.8. The number of ether oxygens (including phenoxy) is 1. The molecular weight excluding hydrogens is 592 g/mol. The fourth-order valence-corrected chi connectivity index (χ4v) is 5.97. The minimum Gasteiger partial charge on any atom is -0.496 e. The van der Waals surface area contributed by atoms with Crippen LogP contribution in [0, 0.1) is 41.0 Å². The van der Waals surface area contributed by atoms with E-state index >= 15 is 0 Å². The first-order valence-corrected chi connectivity index (χ1v) is 13.6. The molecule has 0 aliphatic rings. The Balaban J connectivity index is 0.000000204. The summed E-state index contributed by atoms with van der Waals surface area (Å²) in [5, 5.41) is 23.4. The van der Waals surface area contributed by atoms with Gasteiger partial charge in [0.2, 0.25) is 0 Å². The van der Waals surface area contributed by atoms with Crippen LogP contribution < -0.4 is 4.74 Å². The lowest BCUT2D eigenvalue weighted by Crippen LogP contribution is -1.90. The highest BCUT2D eigenvalue weighted by Gasteiger charge is 2.15. The van der Waals surface area contributed by atoms with Crippen LogP contribution in [0.3, 0.4) is 0 Å². The van der Waals surface area contributed by atoms with Crippen LogP contribution in [0.1, 0.15) is 26.7 Å². The van der Waals surface area contributed by atoms with Crippen molar-refractivity contribution in [2.75, 3.05) is 7.11 Å². The summed E-state index contributed by atoms with van der Waals surface area (Å²) in [6.07, 6.45) is 3.85. The molecular formula is C26H21BrN4O5S2. The third-order valence-electron chi connectivity index (χ3n) is 5.52. The van der Waals surface area contributed by atoms with Crippen LogP contribution in [-0.4, -0.2) is 26.9 Å². The van der Waals surface area contributed by atoms with Crippen molar-refractivity contribution in [3.8, 4) is 5.75 Å². The van der Waals surface area contributed by atoms with E-state index in [1.54, 1.807) is 45.2 Å². The highest BCUT2D eigenvalue weighted by atomic mass is 79.9. The van der Waals surface area contributed by atoms with E-state index in [-0.39, 0.29) is 21.2 Å². The molecule has 194 valence electrons. The molecule has 2 aromatic heterocycles. The summed E-state index contributed by atoms with van der Waals surface area (Å²) in [6.45, 7) is 5.35. The number of benzene rings is 3. The first-order chi connectivity index (χ1) is 18.0. The van der Waals surface area contributed by atoms with E-state index in [4.69, 9.17) is 4.74 Å². The molecule has 5 aromatic rings. The van der Waals surface area contributed by atoms with Crippen LogP contribution in [0.25, 0.3) is 32.6 Å². The Kier molecular flexibility index (Phi) is 8.14. The Hall–Kier alpha value is -3.74. The van der Waals surface area contributed by atoms with Crippen LogP contribution in [0.4, 0.5) is 11.4 Å². The minimum atomic E-state index is -0.362. The lowest BCUT2D eigenvalue weighted by Gasteiger charge is -2.03. The molecule has 0 N–H and O–H groups in total. The predicted molar refractivity (Wildman–Crippen MR) is 156 cm³/mol. The molecule has 38 heavy (non-hydrogen) atoms. The van der Waals surface area contributed by atoms with Crippen LogP contribution in [0.2, 0.25) is 0 Å². The molecule has 0 bridgehead atoms. The number of aromatic nitrogens is 2. The van der Waals surface area contributed by atoms with Gasteiger partial charge in [-0.2, -0.15) is 0 Å². The first kappa shape index (κ1) is 27.3. The average Bonchev–Trinajstić information content (AvgIpc) is 3.42. The molecule has 0 atom stereocenters. The second kappa shape index (κ2) is 11.3. The fourth-order valence-electron chi connectivity index (χ4n) is 3.69. The van der Waals surface area contributed by atoms with Crippen molar-refractivity contribution >= 4 is 82.6 Å². The summed E-state index contributed by atoms with van der Waals surface area (Å²) in [5.41, 5.74) is 4.19. The molecule has 0 spiro atoms. The lowest BCUT2D eigenvalue weighted by molar-refractivity contribution is -0.385. The normalized spacial score (nSPS) is 11.1. The van der Waals surface area contributed by atoms with Gasteiger partial charge in [0.05, 0.1) is 46.9 Å². The van der Waals surface area contributed by atoms with Crippen molar-refractivity contribution in [3.05, 3.63) is 93.9 Å². The van der Waals surface area contributed by atoms with E-state index < -0.39 is 0 Å². The standard InChI is InChI=1S/C17H13BrN2O3S.C9H8N2O2S/c1-10-7-13-16(9-14(10)20(21)22)24-17(19-13)6-4-11-3-5-15(23-2)12(18)8-11;1-5-3-7-9(14-6(2)10-7)4-8(5)11(12)13/h3-9H,1-2H3;3-4H,1-2H3/b6-4+;. The molecule has 0 amide bonds. The highest BCUT2D eigenvalue weighted by Crippen LogP contribution is 2.31. The van der Waals surface area contributed by atoms with Gasteiger partial charge >= 0.3 is 0 Å². The molecule has 0 aliphatic heterocycles. The summed E-state index contributed by atoms with van der Waals surface area (Å²) < 4.78 is 7.77. The number of thiazole rings is 2. The Morgan fingerprint density at radius 3 is 1.97 bits per heavy atom. The molecule has 3 aromatic carbocycles. The zero-order valence-corrected chi connectivity index (χ0v) is 23.9. The van der Waals surface area contributed by atoms with Gasteiger partial charge in [0, 0.05) is 23.3 Å². The zero-order valence-electron chi connectivity index (χ0n) is 20.7. The van der Waals surface area contributed by atoms with Gasteiger partial charge in [0.15, 0.2) is 0 Å². The van der Waals surface area contributed by atoms with Crippen LogP contribution in [-0.2, 0) is 0 Å². The van der Waals surface area contributed by atoms with E-state index in [0.717, 1.165) is 46.2 Å². The van der Waals surface area contributed by atoms with E-state index in [0.29, 0.717) is 11.1 Å². The number of fused-ring (bicyclic) bond motifs is 2. The quantitative estimate of drug-likeness (QED) is 0.144. The molecule has 2 heterocycles. The summed E-state index contributed by atoms with van der Waals surface area (Å²) >= 11 is 6.36. The second-order valence-electron chi connectivity index (χ2n) is 8.24. The summed E-state index contributed by atoms with van der Waals surface area (Å²) in [5.74, 6) is 0.773. The Labute approximate surface area is 233 Å². The van der Waals surface area contributed by atoms with Crippen LogP contribution in [0.5, 0.6) is 5.75 Å². The topological polar surface area (TPSA) is 121 Å². The van der Waals surface area contributed by atoms with Gasteiger partial charge in [0.1, 0.15) is 10.8 Å². The number of nitrogens with zero attached hydrogens (tertiary/aromatic N) is 4. The van der Waals surface area contributed by atoms with Crippen LogP contribution >= 0.6 is 38.6 Å². The maximum absolute atomic E-state index is 11.0. The lowest BCUT2D eigenvalue weighted by atomic mass is 10.2. The number of rotatable bonds is 5. The van der Waals surface area contributed by atoms with Crippen molar-refractivity contribution in [1.82, 2.24) is 9.97 Å². The molecule has 0 fully saturated rings. The second-order valence-corrected chi connectivity index (χ2v) is 11.4. The van der Waals surface area contributed by atoms with Crippen molar-refractivity contribution < 1.29 is 14.6 Å². The average molecular weight is 614 g/mol. The van der Waals surface area contributed by atoms with Crippen LogP contribution in [0.15, 0.2) is 46.9 Å². The van der Waals surface area contributed by atoms with Crippen molar-refractivity contribution in [1.29, 1.82) is 0 Å². The monoisotopic (exact) mass is 612 g/mol. The fraction of sp³-hybridized carbons (Fsp3) is 0.154. The van der Waals surface area contributed by atoms with Gasteiger partial charge in [-0.1, -0.05) is 12.1 Å². The smallest absolute Gasteiger partial charge is 0.273 e. The molecule has 0 radical (unpaired) electrons. The van der Waals surface area contributed by atoms with E-state index in [9.17, 15) is 20.2 Å². The van der Waals surface area contributed by atoms with Gasteiger partial charge in [-0.15, -0.1) is 22.7 Å². The van der Waals surface area contributed by atoms with E-state index in [1.807, 2.05) is 37.3 Å². The third kappa shape index (κ3) is 6.04. The first-order valence-electron chi connectivity index (χ1n) is 11.1. The predicted octanol–water partition coefficient (Wildman–Crippen LogP) is 8.28. The largest absolute Gasteiger partial charge is 0.496 e. The maximum atomic E-state index is 11.0. The van der Waals surface area contributed by atoms with E-state index in [1.165, 1.54) is 22.7 Å². The SMILES string of the molecule is COc1ccc(/C=C/c2nc3cc(C)c([N+](=O)[O-])cc3s2)cc1Br.Cc1nc2cc(C)c([N+](=O)[O-])cc2s1. The number of hydrogen-bond donors (Lipinski definition) is 0. The van der Waals surface area contributed by atoms with Crippen molar-refractivity contribution in [3.63, 3.8) is 0 Å². The molecule has 0 saturated carbocycles. The highest BCUT2D eigenvalue weighted by molar-refractivity contribution is 9.10. The van der Waals surface area contributed by atoms with Gasteiger partial charge in [-0.3, -0.25) is 20.2 Å². The maximum Gasteiger partial charge on any atom is 0.273 e. The molecule has 0 saturated heterocycles. The number of aryl methyl sites for hydroxylation is 3. The number of nitro groups is 2. The number of halogens is 1. The minimum absolute atomic E-state index is 0.126. The Morgan fingerprint density at radius 2 is 1.42 bits per heavy atom. The third-order valence-corrected chi connectivity index (χ3v) is 8.06. The zero-order chi connectivity index (χ0) is 27.6. The molecule has 0 aliphatic carbocycles.